The number of non-ortho nitro benzene ring substituents is 1. The molecule has 0 radical (unpaired) electrons. The minimum Gasteiger partial charge on any atom is -0.380 e. The van der Waals surface area contributed by atoms with E-state index in [9.17, 15) is 10.1 Å². The third kappa shape index (κ3) is 3.57. The van der Waals surface area contributed by atoms with Crippen LogP contribution in [0.15, 0.2) is 30.6 Å². The van der Waals surface area contributed by atoms with Crippen LogP contribution in [0, 0.1) is 21.4 Å². The lowest BCUT2D eigenvalue weighted by atomic mass is 10.1. The number of aromatic nitrogens is 2. The van der Waals surface area contributed by atoms with E-state index in [0.29, 0.717) is 12.2 Å². The Labute approximate surface area is 122 Å². The maximum absolute atomic E-state index is 10.7. The highest BCUT2D eigenvalue weighted by Gasteiger charge is 2.10. The third-order valence-corrected chi connectivity index (χ3v) is 2.96. The van der Waals surface area contributed by atoms with E-state index < -0.39 is 4.92 Å². The molecule has 0 bridgehead atoms. The Balaban J connectivity index is 2.08. The van der Waals surface area contributed by atoms with Gasteiger partial charge in [0.15, 0.2) is 0 Å². The molecule has 7 nitrogen and oxygen atoms in total. The molecule has 1 N–H and O–H groups in total. The average Bonchev–Trinajstić information content (AvgIpc) is 2.93. The first-order valence-electron chi connectivity index (χ1n) is 6.57. The number of rotatable bonds is 6. The van der Waals surface area contributed by atoms with Gasteiger partial charge in [-0.25, -0.2) is 0 Å². The molecule has 7 heteroatoms. The van der Waals surface area contributed by atoms with Crippen molar-refractivity contribution >= 4 is 11.4 Å². The van der Waals surface area contributed by atoms with Gasteiger partial charge in [0.1, 0.15) is 6.07 Å². The van der Waals surface area contributed by atoms with Crippen LogP contribution >= 0.6 is 0 Å². The predicted molar refractivity (Wildman–Crippen MR) is 77.7 cm³/mol. The number of hydrogen-bond acceptors (Lipinski definition) is 5. The predicted octanol–water partition coefficient (Wildman–Crippen LogP) is 2.69. The SMILES string of the molecule is CCCn1cc(CNc2ccc([N+](=O)[O-])cc2C#N)cn1. The van der Waals surface area contributed by atoms with Crippen LogP contribution in [0.2, 0.25) is 0 Å². The van der Waals surface area contributed by atoms with Gasteiger partial charge in [-0.2, -0.15) is 10.4 Å². The Morgan fingerprint density at radius 3 is 3.00 bits per heavy atom. The lowest BCUT2D eigenvalue weighted by Crippen LogP contribution is -2.01. The molecule has 0 aliphatic heterocycles. The van der Waals surface area contributed by atoms with Crippen molar-refractivity contribution in [3.8, 4) is 6.07 Å². The average molecular weight is 285 g/mol. The van der Waals surface area contributed by atoms with Crippen molar-refractivity contribution in [1.82, 2.24) is 9.78 Å². The summed E-state index contributed by atoms with van der Waals surface area (Å²) in [7, 11) is 0. The number of nitrogens with zero attached hydrogens (tertiary/aromatic N) is 4. The number of nitrogens with one attached hydrogen (secondary N) is 1. The second-order valence-corrected chi connectivity index (χ2v) is 4.56. The summed E-state index contributed by atoms with van der Waals surface area (Å²) < 4.78 is 1.86. The van der Waals surface area contributed by atoms with E-state index in [1.54, 1.807) is 12.3 Å². The molecule has 2 aromatic rings. The second kappa shape index (κ2) is 6.52. The van der Waals surface area contributed by atoms with Gasteiger partial charge in [0, 0.05) is 37.0 Å². The molecule has 0 saturated carbocycles. The number of nitro benzene ring substituents is 1. The zero-order valence-corrected chi connectivity index (χ0v) is 11.6. The molecule has 0 spiro atoms. The normalized spacial score (nSPS) is 10.1. The summed E-state index contributed by atoms with van der Waals surface area (Å²) in [5, 5.41) is 27.1. The van der Waals surface area contributed by atoms with Gasteiger partial charge in [-0.3, -0.25) is 14.8 Å². The van der Waals surface area contributed by atoms with Crippen molar-refractivity contribution in [2.24, 2.45) is 0 Å². The van der Waals surface area contributed by atoms with Crippen molar-refractivity contribution in [3.63, 3.8) is 0 Å². The van der Waals surface area contributed by atoms with Crippen LogP contribution in [0.5, 0.6) is 0 Å². The molecule has 1 aromatic heterocycles. The highest BCUT2D eigenvalue weighted by atomic mass is 16.6. The zero-order chi connectivity index (χ0) is 15.2. The van der Waals surface area contributed by atoms with Gasteiger partial charge >= 0.3 is 0 Å². The number of hydrogen-bond donors (Lipinski definition) is 1. The van der Waals surface area contributed by atoms with Gasteiger partial charge in [0.05, 0.1) is 22.4 Å². The van der Waals surface area contributed by atoms with Crippen molar-refractivity contribution < 1.29 is 4.92 Å². The van der Waals surface area contributed by atoms with E-state index >= 15 is 0 Å². The summed E-state index contributed by atoms with van der Waals surface area (Å²) in [5.41, 5.74) is 1.73. The van der Waals surface area contributed by atoms with Crippen LogP contribution < -0.4 is 5.32 Å². The smallest absolute Gasteiger partial charge is 0.270 e. The fourth-order valence-corrected chi connectivity index (χ4v) is 1.94. The fourth-order valence-electron chi connectivity index (χ4n) is 1.94. The highest BCUT2D eigenvalue weighted by molar-refractivity contribution is 5.61. The van der Waals surface area contributed by atoms with E-state index in [1.807, 2.05) is 16.9 Å². The molecule has 21 heavy (non-hydrogen) atoms. The third-order valence-electron chi connectivity index (χ3n) is 2.96. The molecule has 108 valence electrons. The molecule has 0 aliphatic rings. The van der Waals surface area contributed by atoms with Crippen LogP contribution in [-0.2, 0) is 13.1 Å². The summed E-state index contributed by atoms with van der Waals surface area (Å²) in [5.74, 6) is 0. The summed E-state index contributed by atoms with van der Waals surface area (Å²) >= 11 is 0. The lowest BCUT2D eigenvalue weighted by Gasteiger charge is -2.06. The Morgan fingerprint density at radius 2 is 2.33 bits per heavy atom. The van der Waals surface area contributed by atoms with Gasteiger partial charge < -0.3 is 5.32 Å². The first kappa shape index (κ1) is 14.5. The fraction of sp³-hybridized carbons (Fsp3) is 0.286. The summed E-state index contributed by atoms with van der Waals surface area (Å²) in [6, 6.07) is 6.16. The van der Waals surface area contributed by atoms with Gasteiger partial charge in [-0.05, 0) is 12.5 Å². The minimum absolute atomic E-state index is 0.0899. The maximum atomic E-state index is 10.7. The Kier molecular flexibility index (Phi) is 4.51. The largest absolute Gasteiger partial charge is 0.380 e. The highest BCUT2D eigenvalue weighted by Crippen LogP contribution is 2.21. The monoisotopic (exact) mass is 285 g/mol. The molecular formula is C14H15N5O2. The van der Waals surface area contributed by atoms with Crippen LogP contribution in [0.1, 0.15) is 24.5 Å². The van der Waals surface area contributed by atoms with Crippen LogP contribution in [0.4, 0.5) is 11.4 Å². The van der Waals surface area contributed by atoms with E-state index in [-0.39, 0.29) is 11.3 Å². The summed E-state index contributed by atoms with van der Waals surface area (Å²) in [4.78, 5) is 10.2. The number of aryl methyl sites for hydroxylation is 1. The number of benzene rings is 1. The first-order valence-corrected chi connectivity index (χ1v) is 6.57. The van der Waals surface area contributed by atoms with Crippen molar-refractivity contribution in [1.29, 1.82) is 5.26 Å². The van der Waals surface area contributed by atoms with Crippen LogP contribution in [-0.4, -0.2) is 14.7 Å². The van der Waals surface area contributed by atoms with E-state index in [1.165, 1.54) is 12.1 Å². The first-order chi connectivity index (χ1) is 10.1. The Hall–Kier alpha value is -2.88. The molecule has 1 aromatic carbocycles. The van der Waals surface area contributed by atoms with Crippen molar-refractivity contribution in [2.45, 2.75) is 26.4 Å². The van der Waals surface area contributed by atoms with Crippen molar-refractivity contribution in [3.05, 3.63) is 51.8 Å². The second-order valence-electron chi connectivity index (χ2n) is 4.56. The van der Waals surface area contributed by atoms with E-state index in [2.05, 4.69) is 17.3 Å². The van der Waals surface area contributed by atoms with E-state index in [4.69, 9.17) is 5.26 Å². The number of nitriles is 1. The van der Waals surface area contributed by atoms with Gasteiger partial charge in [0.25, 0.3) is 5.69 Å². The van der Waals surface area contributed by atoms with Crippen LogP contribution in [0.25, 0.3) is 0 Å². The molecular weight excluding hydrogens is 270 g/mol. The quantitative estimate of drug-likeness (QED) is 0.650. The minimum atomic E-state index is -0.514. The summed E-state index contributed by atoms with van der Waals surface area (Å²) in [6.45, 7) is 3.45. The zero-order valence-electron chi connectivity index (χ0n) is 11.6. The topological polar surface area (TPSA) is 96.8 Å². The van der Waals surface area contributed by atoms with Crippen molar-refractivity contribution in [2.75, 3.05) is 5.32 Å². The van der Waals surface area contributed by atoms with Gasteiger partial charge in [0.2, 0.25) is 0 Å². The summed E-state index contributed by atoms with van der Waals surface area (Å²) in [6.07, 6.45) is 4.71. The number of nitro groups is 1. The molecule has 2 rings (SSSR count). The molecule has 0 fully saturated rings. The molecule has 0 aliphatic carbocycles. The molecule has 0 unspecified atom stereocenters. The maximum Gasteiger partial charge on any atom is 0.270 e. The Bertz CT molecular complexity index is 687. The molecule has 0 saturated heterocycles. The van der Waals surface area contributed by atoms with Gasteiger partial charge in [-0.15, -0.1) is 0 Å². The Morgan fingerprint density at radius 1 is 1.52 bits per heavy atom. The molecule has 0 atom stereocenters. The van der Waals surface area contributed by atoms with Crippen LogP contribution in [0.3, 0.4) is 0 Å². The standard InChI is InChI=1S/C14H15N5O2/c1-2-5-18-10-11(9-17-18)8-16-14-4-3-13(19(20)21)6-12(14)7-15/h3-4,6,9-10,16H,2,5,8H2,1H3. The van der Waals surface area contributed by atoms with E-state index in [0.717, 1.165) is 18.5 Å². The van der Waals surface area contributed by atoms with Gasteiger partial charge in [-0.1, -0.05) is 6.92 Å². The molecule has 0 amide bonds. The number of anilines is 1. The molecule has 1 heterocycles. The lowest BCUT2D eigenvalue weighted by molar-refractivity contribution is -0.384.